The molecule has 3 nitrogen and oxygen atoms in total. The molecule has 2 N–H and O–H groups in total. The van der Waals surface area contributed by atoms with Crippen molar-refractivity contribution < 1.29 is 0 Å². The molecule has 0 aromatic heterocycles. The van der Waals surface area contributed by atoms with E-state index in [1.807, 2.05) is 18.3 Å². The lowest BCUT2D eigenvalue weighted by Crippen LogP contribution is -2.29. The van der Waals surface area contributed by atoms with E-state index in [1.165, 1.54) is 16.7 Å². The molecule has 2 aromatic carbocycles. The molecule has 2 aromatic rings. The summed E-state index contributed by atoms with van der Waals surface area (Å²) in [5, 5.41) is 5.46. The minimum atomic E-state index is 0.797. The van der Waals surface area contributed by atoms with E-state index in [1.54, 1.807) is 0 Å². The predicted octanol–water partition coefficient (Wildman–Crippen LogP) is 4.80. The van der Waals surface area contributed by atoms with Crippen molar-refractivity contribution in [2.24, 2.45) is 0 Å². The fourth-order valence-corrected chi connectivity index (χ4v) is 3.73. The summed E-state index contributed by atoms with van der Waals surface area (Å²) in [5.41, 5.74) is 9.26. The van der Waals surface area contributed by atoms with Crippen molar-refractivity contribution >= 4 is 43.1 Å². The zero-order valence-electron chi connectivity index (χ0n) is 11.6. The van der Waals surface area contributed by atoms with Crippen LogP contribution in [-0.2, 0) is 6.54 Å². The summed E-state index contributed by atoms with van der Waals surface area (Å²) in [5.74, 6) is 0. The monoisotopic (exact) mass is 417 g/mol. The number of nitrogens with zero attached hydrogens (tertiary/aromatic N) is 1. The van der Waals surface area contributed by atoms with Crippen molar-refractivity contribution in [3.63, 3.8) is 0 Å². The highest BCUT2D eigenvalue weighted by Crippen LogP contribution is 2.42. The largest absolute Gasteiger partial charge is 0.359 e. The van der Waals surface area contributed by atoms with Crippen molar-refractivity contribution in [2.75, 3.05) is 5.32 Å². The molecule has 22 heavy (non-hydrogen) atoms. The first-order valence-electron chi connectivity index (χ1n) is 6.97. The van der Waals surface area contributed by atoms with Gasteiger partial charge in [0.15, 0.2) is 0 Å². The number of hydrogen-bond acceptors (Lipinski definition) is 3. The van der Waals surface area contributed by atoms with Gasteiger partial charge in [-0.05, 0) is 39.7 Å². The summed E-state index contributed by atoms with van der Waals surface area (Å²) in [6.07, 6.45) is 2.01. The quantitative estimate of drug-likeness (QED) is 0.686. The van der Waals surface area contributed by atoms with E-state index >= 15 is 0 Å². The zero-order chi connectivity index (χ0) is 15.1. The SMILES string of the molecule is BrC1=C2C(=CNc3ccc(Br)cc32)NN1Cc1ccccc1. The number of fused-ring (bicyclic) bond motifs is 3. The molecule has 0 bridgehead atoms. The molecular formula is C17H13Br2N3. The van der Waals surface area contributed by atoms with Gasteiger partial charge in [-0.2, -0.15) is 0 Å². The first-order valence-corrected chi connectivity index (χ1v) is 8.56. The van der Waals surface area contributed by atoms with Crippen LogP contribution in [0.4, 0.5) is 5.69 Å². The molecule has 0 atom stereocenters. The van der Waals surface area contributed by atoms with Crippen LogP contribution in [0, 0.1) is 0 Å². The van der Waals surface area contributed by atoms with Crippen LogP contribution in [-0.4, -0.2) is 5.01 Å². The second-order valence-electron chi connectivity index (χ2n) is 5.24. The van der Waals surface area contributed by atoms with Crippen LogP contribution >= 0.6 is 31.9 Å². The normalized spacial score (nSPS) is 15.7. The maximum Gasteiger partial charge on any atom is 0.110 e. The number of rotatable bonds is 2. The van der Waals surface area contributed by atoms with E-state index in [4.69, 9.17) is 0 Å². The third kappa shape index (κ3) is 2.34. The average Bonchev–Trinajstić information content (AvgIpc) is 2.85. The van der Waals surface area contributed by atoms with Gasteiger partial charge in [-0.1, -0.05) is 46.3 Å². The minimum Gasteiger partial charge on any atom is -0.359 e. The molecule has 0 fully saturated rings. The predicted molar refractivity (Wildman–Crippen MR) is 96.8 cm³/mol. The van der Waals surface area contributed by atoms with Crippen molar-refractivity contribution in [2.45, 2.75) is 6.54 Å². The van der Waals surface area contributed by atoms with E-state index in [0.29, 0.717) is 0 Å². The Bertz CT molecular complexity index is 797. The minimum absolute atomic E-state index is 0.797. The fraction of sp³-hybridized carbons (Fsp3) is 0.0588. The highest BCUT2D eigenvalue weighted by atomic mass is 79.9. The van der Waals surface area contributed by atoms with E-state index in [0.717, 1.165) is 27.0 Å². The summed E-state index contributed by atoms with van der Waals surface area (Å²) in [4.78, 5) is 0. The van der Waals surface area contributed by atoms with Crippen LogP contribution in [0.25, 0.3) is 5.57 Å². The topological polar surface area (TPSA) is 27.3 Å². The molecule has 2 heterocycles. The Morgan fingerprint density at radius 2 is 1.82 bits per heavy atom. The van der Waals surface area contributed by atoms with Crippen LogP contribution < -0.4 is 10.7 Å². The Balaban J connectivity index is 1.73. The summed E-state index contributed by atoms with van der Waals surface area (Å²) in [6.45, 7) is 0.797. The summed E-state index contributed by atoms with van der Waals surface area (Å²) >= 11 is 7.31. The van der Waals surface area contributed by atoms with Crippen molar-refractivity contribution in [1.29, 1.82) is 0 Å². The van der Waals surface area contributed by atoms with E-state index in [9.17, 15) is 0 Å². The lowest BCUT2D eigenvalue weighted by Gasteiger charge is -2.20. The van der Waals surface area contributed by atoms with Gasteiger partial charge in [0.2, 0.25) is 0 Å². The standard InChI is InChI=1S/C17H13Br2N3/c18-12-6-7-14-13(8-12)16-15(9-20-14)21-22(17(16)19)10-11-4-2-1-3-5-11/h1-9,20-21H,10H2. The van der Waals surface area contributed by atoms with Crippen molar-refractivity contribution in [1.82, 2.24) is 10.4 Å². The van der Waals surface area contributed by atoms with E-state index in [2.05, 4.69) is 84.0 Å². The number of benzene rings is 2. The van der Waals surface area contributed by atoms with E-state index < -0.39 is 0 Å². The Morgan fingerprint density at radius 1 is 1.00 bits per heavy atom. The molecule has 0 spiro atoms. The number of halogens is 2. The molecule has 0 aliphatic carbocycles. The maximum absolute atomic E-state index is 3.76. The Hall–Kier alpha value is -1.72. The maximum atomic E-state index is 3.76. The molecule has 0 amide bonds. The number of allylic oxidation sites excluding steroid dienone is 1. The van der Waals surface area contributed by atoms with Gasteiger partial charge in [0.1, 0.15) is 4.61 Å². The second kappa shape index (κ2) is 5.48. The number of hydrogen-bond donors (Lipinski definition) is 2. The molecule has 0 saturated heterocycles. The van der Waals surface area contributed by atoms with Gasteiger partial charge in [-0.3, -0.25) is 10.4 Å². The molecule has 4 rings (SSSR count). The summed E-state index contributed by atoms with van der Waals surface area (Å²) in [7, 11) is 0. The third-order valence-electron chi connectivity index (χ3n) is 3.77. The first-order chi connectivity index (χ1) is 10.7. The number of nitrogens with one attached hydrogen (secondary N) is 2. The molecule has 2 aliphatic heterocycles. The number of hydrazine groups is 1. The highest BCUT2D eigenvalue weighted by Gasteiger charge is 2.29. The van der Waals surface area contributed by atoms with Crippen molar-refractivity contribution in [3.8, 4) is 0 Å². The van der Waals surface area contributed by atoms with Crippen molar-refractivity contribution in [3.05, 3.63) is 80.6 Å². The van der Waals surface area contributed by atoms with Crippen LogP contribution in [0.5, 0.6) is 0 Å². The van der Waals surface area contributed by atoms with Crippen LogP contribution in [0.1, 0.15) is 11.1 Å². The Morgan fingerprint density at radius 3 is 2.64 bits per heavy atom. The summed E-state index contributed by atoms with van der Waals surface area (Å²) < 4.78 is 2.13. The van der Waals surface area contributed by atoms with Gasteiger partial charge in [-0.25, -0.2) is 0 Å². The molecule has 2 aliphatic rings. The van der Waals surface area contributed by atoms with Crippen LogP contribution in [0.3, 0.4) is 0 Å². The third-order valence-corrected chi connectivity index (χ3v) is 5.09. The zero-order valence-corrected chi connectivity index (χ0v) is 14.8. The molecule has 0 radical (unpaired) electrons. The number of anilines is 1. The molecule has 0 unspecified atom stereocenters. The Labute approximate surface area is 145 Å². The molecule has 110 valence electrons. The van der Waals surface area contributed by atoms with Crippen LogP contribution in [0.2, 0.25) is 0 Å². The fourth-order valence-electron chi connectivity index (χ4n) is 2.73. The molecular weight excluding hydrogens is 406 g/mol. The molecule has 0 saturated carbocycles. The van der Waals surface area contributed by atoms with E-state index in [-0.39, 0.29) is 0 Å². The first kappa shape index (κ1) is 13.9. The van der Waals surface area contributed by atoms with Gasteiger partial charge in [0.05, 0.1) is 12.2 Å². The lowest BCUT2D eigenvalue weighted by molar-refractivity contribution is 0.311. The average molecular weight is 419 g/mol. The van der Waals surface area contributed by atoms with Crippen LogP contribution in [0.15, 0.2) is 69.5 Å². The highest BCUT2D eigenvalue weighted by molar-refractivity contribution is 9.11. The van der Waals surface area contributed by atoms with Gasteiger partial charge >= 0.3 is 0 Å². The van der Waals surface area contributed by atoms with Gasteiger partial charge < -0.3 is 5.32 Å². The van der Waals surface area contributed by atoms with Gasteiger partial charge in [-0.15, -0.1) is 0 Å². The van der Waals surface area contributed by atoms with Gasteiger partial charge in [0, 0.05) is 27.5 Å². The smallest absolute Gasteiger partial charge is 0.110 e. The Kier molecular flexibility index (Phi) is 3.47. The second-order valence-corrected chi connectivity index (χ2v) is 6.91. The molecule has 5 heteroatoms. The summed E-state index contributed by atoms with van der Waals surface area (Å²) in [6, 6.07) is 16.7. The van der Waals surface area contributed by atoms with Gasteiger partial charge in [0.25, 0.3) is 0 Å². The lowest BCUT2D eigenvalue weighted by atomic mass is 10.0.